The van der Waals surface area contributed by atoms with Gasteiger partial charge in [0.1, 0.15) is 11.0 Å². The monoisotopic (exact) mass is 758 g/mol. The number of hydrogen-bond acceptors (Lipinski definition) is 3. The van der Waals surface area contributed by atoms with Crippen LogP contribution in [0.1, 0.15) is 147 Å². The van der Waals surface area contributed by atoms with Crippen LogP contribution in [0.4, 0.5) is 0 Å². The summed E-state index contributed by atoms with van der Waals surface area (Å²) in [7, 11) is 0. The number of fused-ring (bicyclic) bond motifs is 7. The van der Waals surface area contributed by atoms with Gasteiger partial charge in [0.2, 0.25) is 0 Å². The van der Waals surface area contributed by atoms with Gasteiger partial charge in [-0.3, -0.25) is 0 Å². The lowest BCUT2D eigenvalue weighted by atomic mass is 9.80. The highest BCUT2D eigenvalue weighted by Crippen LogP contribution is 2.52. The van der Waals surface area contributed by atoms with Gasteiger partial charge >= 0.3 is 0 Å². The highest BCUT2D eigenvalue weighted by Gasteiger charge is 2.37. The number of nitrogens with zero attached hydrogens (tertiary/aromatic N) is 2. The lowest BCUT2D eigenvalue weighted by Gasteiger charge is -2.23. The topological polar surface area (TPSA) is 25.8 Å². The van der Waals surface area contributed by atoms with E-state index in [1.54, 1.807) is 0 Å². The van der Waals surface area contributed by atoms with Crippen LogP contribution in [0.2, 0.25) is 0 Å². The third kappa shape index (κ3) is 6.97. The van der Waals surface area contributed by atoms with Gasteiger partial charge in [0.15, 0.2) is 0 Å². The van der Waals surface area contributed by atoms with Crippen molar-refractivity contribution in [2.75, 3.05) is 0 Å². The molecule has 0 N–H and O–H groups in total. The van der Waals surface area contributed by atoms with Gasteiger partial charge in [-0.25, -0.2) is 0 Å². The van der Waals surface area contributed by atoms with Crippen molar-refractivity contribution in [1.82, 2.24) is 8.75 Å². The maximum Gasteiger partial charge on any atom is 0.113 e. The Balaban J connectivity index is 1.06. The van der Waals surface area contributed by atoms with E-state index in [2.05, 4.69) is 140 Å². The van der Waals surface area contributed by atoms with Crippen LogP contribution in [0.15, 0.2) is 84.9 Å². The molecule has 0 spiro atoms. The van der Waals surface area contributed by atoms with Crippen molar-refractivity contribution in [3.63, 3.8) is 0 Å². The van der Waals surface area contributed by atoms with Crippen LogP contribution in [0.5, 0.6) is 0 Å². The molecule has 2 aliphatic carbocycles. The minimum absolute atomic E-state index is 0.0635. The number of aromatic nitrogens is 2. The molecule has 56 heavy (non-hydrogen) atoms. The second-order valence-corrected chi connectivity index (χ2v) is 18.9. The molecule has 2 unspecified atom stereocenters. The van der Waals surface area contributed by atoms with Crippen LogP contribution in [0, 0.1) is 11.8 Å². The zero-order valence-corrected chi connectivity index (χ0v) is 36.1. The van der Waals surface area contributed by atoms with Crippen molar-refractivity contribution in [3.8, 4) is 44.5 Å². The van der Waals surface area contributed by atoms with Crippen molar-refractivity contribution in [2.24, 2.45) is 11.8 Å². The molecule has 0 aliphatic heterocycles. The van der Waals surface area contributed by atoms with E-state index < -0.39 is 0 Å². The summed E-state index contributed by atoms with van der Waals surface area (Å²) in [5.41, 5.74) is 20.9. The maximum absolute atomic E-state index is 4.94. The predicted octanol–water partition coefficient (Wildman–Crippen LogP) is 15.5. The fourth-order valence-electron chi connectivity index (χ4n) is 10.1. The summed E-state index contributed by atoms with van der Waals surface area (Å²) >= 11 is 1.33. The summed E-state index contributed by atoms with van der Waals surface area (Å²) in [5, 5.41) is 0. The molecule has 2 atom stereocenters. The van der Waals surface area contributed by atoms with Gasteiger partial charge in [-0.2, -0.15) is 8.75 Å². The van der Waals surface area contributed by atoms with Crippen molar-refractivity contribution in [3.05, 3.63) is 118 Å². The summed E-state index contributed by atoms with van der Waals surface area (Å²) < 4.78 is 9.88. The van der Waals surface area contributed by atoms with Crippen LogP contribution in [0.25, 0.3) is 55.5 Å². The van der Waals surface area contributed by atoms with E-state index >= 15 is 0 Å². The zero-order chi connectivity index (χ0) is 39.2. The maximum atomic E-state index is 4.94. The minimum Gasteiger partial charge on any atom is -0.172 e. The van der Waals surface area contributed by atoms with Gasteiger partial charge in [-0.1, -0.05) is 173 Å². The first kappa shape index (κ1) is 38.8. The molecule has 5 aromatic carbocycles. The second-order valence-electron chi connectivity index (χ2n) is 18.4. The Labute approximate surface area is 341 Å². The van der Waals surface area contributed by atoms with Gasteiger partial charge in [-0.05, 0) is 116 Å². The zero-order valence-electron chi connectivity index (χ0n) is 35.3. The summed E-state index contributed by atoms with van der Waals surface area (Å²) in [6, 6.07) is 33.3. The Bertz CT molecular complexity index is 2370. The first-order chi connectivity index (χ1) is 27.0. The average Bonchev–Trinajstić information content (AvgIpc) is 3.85. The highest BCUT2D eigenvalue weighted by atomic mass is 32.1. The van der Waals surface area contributed by atoms with E-state index in [9.17, 15) is 0 Å². The quantitative estimate of drug-likeness (QED) is 0.104. The first-order valence-electron chi connectivity index (χ1n) is 21.9. The van der Waals surface area contributed by atoms with Gasteiger partial charge in [-0.15, -0.1) is 0 Å². The lowest BCUT2D eigenvalue weighted by molar-refractivity contribution is 0.422. The molecule has 2 nitrogen and oxygen atoms in total. The SMILES string of the molecule is CCCCC(C)CCc1ccc2c(c1)C(C)(C)c1cc(-c3ccc(-c4ccc5c(c4)C(C)(C)c4cc(CCC(CC)CCCC)ccc4-5)c4nsnc34)ccc1-2. The van der Waals surface area contributed by atoms with Gasteiger partial charge in [0.05, 0.1) is 11.7 Å². The molecule has 1 heterocycles. The van der Waals surface area contributed by atoms with Crippen molar-refractivity contribution in [1.29, 1.82) is 0 Å². The summed E-state index contributed by atoms with van der Waals surface area (Å²) in [5.74, 6) is 1.61. The van der Waals surface area contributed by atoms with Crippen LogP contribution >= 0.6 is 11.7 Å². The third-order valence-electron chi connectivity index (χ3n) is 13.9. The highest BCUT2D eigenvalue weighted by molar-refractivity contribution is 7.00. The van der Waals surface area contributed by atoms with Crippen LogP contribution in [-0.4, -0.2) is 8.75 Å². The standard InChI is InChI=1S/C53H62N2S/c1-9-12-14-34(4)16-17-36-20-24-42-44-26-22-38(32-48(44)52(5,6)46(42)30-36)40-28-29-41(51-50(40)54-56-55-51)39-23-27-45-43-25-21-37(19-18-35(11-3)15-13-10-2)31-47(43)53(7,8)49(45)33-39/h20-35H,9-19H2,1-8H3. The normalized spacial score (nSPS) is 15.7. The molecule has 0 bridgehead atoms. The molecule has 3 heteroatoms. The largest absolute Gasteiger partial charge is 0.172 e. The van der Waals surface area contributed by atoms with Gasteiger partial charge in [0.25, 0.3) is 0 Å². The van der Waals surface area contributed by atoms with E-state index in [-0.39, 0.29) is 10.8 Å². The molecule has 6 aromatic rings. The molecule has 0 amide bonds. The van der Waals surface area contributed by atoms with E-state index in [0.29, 0.717) is 0 Å². The molecule has 0 fully saturated rings. The van der Waals surface area contributed by atoms with Crippen LogP contribution < -0.4 is 0 Å². The minimum atomic E-state index is -0.0644. The fraction of sp³-hybridized carbons (Fsp3) is 0.434. The van der Waals surface area contributed by atoms with Crippen molar-refractivity contribution >= 4 is 22.8 Å². The van der Waals surface area contributed by atoms with Gasteiger partial charge < -0.3 is 0 Å². The molecular formula is C53H62N2S. The average molecular weight is 759 g/mol. The van der Waals surface area contributed by atoms with Crippen LogP contribution in [-0.2, 0) is 23.7 Å². The third-order valence-corrected chi connectivity index (χ3v) is 14.4. The number of hydrogen-bond donors (Lipinski definition) is 0. The number of benzene rings is 5. The molecule has 1 aromatic heterocycles. The smallest absolute Gasteiger partial charge is 0.113 e. The fourth-order valence-corrected chi connectivity index (χ4v) is 10.6. The Morgan fingerprint density at radius 1 is 0.500 bits per heavy atom. The number of unbranched alkanes of at least 4 members (excludes halogenated alkanes) is 2. The van der Waals surface area contributed by atoms with E-state index in [1.165, 1.54) is 143 Å². The molecule has 2 aliphatic rings. The summed E-state index contributed by atoms with van der Waals surface area (Å²) in [6.07, 6.45) is 14.1. The van der Waals surface area contributed by atoms with Crippen molar-refractivity contribution < 1.29 is 0 Å². The second kappa shape index (κ2) is 15.7. The van der Waals surface area contributed by atoms with Gasteiger partial charge in [0, 0.05) is 22.0 Å². The van der Waals surface area contributed by atoms with Crippen molar-refractivity contribution in [2.45, 2.75) is 137 Å². The Morgan fingerprint density at radius 3 is 1.41 bits per heavy atom. The lowest BCUT2D eigenvalue weighted by Crippen LogP contribution is -2.15. The van der Waals surface area contributed by atoms with E-state index in [0.717, 1.165) is 40.4 Å². The van der Waals surface area contributed by atoms with E-state index in [1.807, 2.05) is 0 Å². The Kier molecular flexibility index (Phi) is 10.9. The number of aryl methyl sites for hydroxylation is 2. The Morgan fingerprint density at radius 2 is 0.929 bits per heavy atom. The molecule has 290 valence electrons. The Hall–Kier alpha value is -4.08. The first-order valence-corrected chi connectivity index (χ1v) is 22.6. The summed E-state index contributed by atoms with van der Waals surface area (Å²) in [4.78, 5) is 0. The molecular weight excluding hydrogens is 697 g/mol. The molecule has 0 radical (unpaired) electrons. The number of rotatable bonds is 15. The predicted molar refractivity (Wildman–Crippen MR) is 242 cm³/mol. The van der Waals surface area contributed by atoms with Crippen LogP contribution in [0.3, 0.4) is 0 Å². The molecule has 0 saturated carbocycles. The van der Waals surface area contributed by atoms with E-state index in [4.69, 9.17) is 8.75 Å². The summed E-state index contributed by atoms with van der Waals surface area (Å²) in [6.45, 7) is 19.0. The molecule has 0 saturated heterocycles. The molecule has 8 rings (SSSR count).